The van der Waals surface area contributed by atoms with Crippen LogP contribution in [0.3, 0.4) is 0 Å². The molecule has 0 fully saturated rings. The normalized spacial score (nSPS) is 11.1. The van der Waals surface area contributed by atoms with Crippen molar-refractivity contribution in [3.63, 3.8) is 0 Å². The van der Waals surface area contributed by atoms with Crippen molar-refractivity contribution in [3.05, 3.63) is 30.1 Å². The number of carbonyl (C=O) groups excluding carboxylic acids is 1. The van der Waals surface area contributed by atoms with Crippen molar-refractivity contribution in [1.29, 1.82) is 0 Å². The highest BCUT2D eigenvalue weighted by atomic mass is 32.2. The lowest BCUT2D eigenvalue weighted by atomic mass is 10.2. The van der Waals surface area contributed by atoms with E-state index >= 15 is 0 Å². The molecule has 0 aliphatic heterocycles. The monoisotopic (exact) mass is 364 g/mol. The van der Waals surface area contributed by atoms with E-state index in [2.05, 4.69) is 36.3 Å². The minimum atomic E-state index is -0.325. The number of carbonyl (C=O) groups is 1. The van der Waals surface area contributed by atoms with Crippen molar-refractivity contribution < 1.29 is 9.18 Å². The lowest BCUT2D eigenvalue weighted by Crippen LogP contribution is -2.26. The number of hydrogen-bond acceptors (Lipinski definition) is 4. The van der Waals surface area contributed by atoms with Crippen LogP contribution in [0.1, 0.15) is 33.6 Å². The van der Waals surface area contributed by atoms with Crippen LogP contribution in [0.25, 0.3) is 11.4 Å². The number of rotatable bonds is 9. The second-order valence-electron chi connectivity index (χ2n) is 6.28. The average molecular weight is 364 g/mol. The molecule has 0 aliphatic rings. The van der Waals surface area contributed by atoms with Crippen molar-refractivity contribution >= 4 is 17.7 Å². The van der Waals surface area contributed by atoms with Crippen molar-refractivity contribution in [2.75, 3.05) is 12.3 Å². The summed E-state index contributed by atoms with van der Waals surface area (Å²) in [5.41, 5.74) is 0.426. The molecule has 0 spiro atoms. The number of halogens is 1. The maximum Gasteiger partial charge on any atom is 0.230 e. The van der Waals surface area contributed by atoms with Crippen LogP contribution in [0, 0.1) is 11.7 Å². The SMILES string of the molecule is CCCCNC(=O)CSc1nnc(-c2ccccc2F)n1CC(C)C. The van der Waals surface area contributed by atoms with Gasteiger partial charge in [-0.05, 0) is 24.5 Å². The molecule has 1 aromatic carbocycles. The smallest absolute Gasteiger partial charge is 0.230 e. The molecular formula is C18H25FN4OS. The zero-order valence-electron chi connectivity index (χ0n) is 15.0. The van der Waals surface area contributed by atoms with E-state index in [0.29, 0.717) is 35.6 Å². The average Bonchev–Trinajstić information content (AvgIpc) is 2.95. The number of nitrogens with one attached hydrogen (secondary N) is 1. The summed E-state index contributed by atoms with van der Waals surface area (Å²) in [5.74, 6) is 0.774. The molecule has 1 N–H and O–H groups in total. The summed E-state index contributed by atoms with van der Waals surface area (Å²) >= 11 is 1.33. The Morgan fingerprint density at radius 3 is 2.76 bits per heavy atom. The van der Waals surface area contributed by atoms with Crippen LogP contribution < -0.4 is 5.32 Å². The maximum atomic E-state index is 14.1. The fourth-order valence-electron chi connectivity index (χ4n) is 2.35. The van der Waals surface area contributed by atoms with Gasteiger partial charge in [0.25, 0.3) is 0 Å². The van der Waals surface area contributed by atoms with Gasteiger partial charge < -0.3 is 9.88 Å². The van der Waals surface area contributed by atoms with Crippen LogP contribution in [0.2, 0.25) is 0 Å². The minimum absolute atomic E-state index is 0.0232. The Morgan fingerprint density at radius 1 is 1.32 bits per heavy atom. The molecule has 136 valence electrons. The quantitative estimate of drug-likeness (QED) is 0.544. The van der Waals surface area contributed by atoms with E-state index < -0.39 is 0 Å². The Kier molecular flexibility index (Phi) is 7.43. The number of nitrogens with zero attached hydrogens (tertiary/aromatic N) is 3. The van der Waals surface area contributed by atoms with Gasteiger partial charge in [0.2, 0.25) is 5.91 Å². The summed E-state index contributed by atoms with van der Waals surface area (Å²) in [4.78, 5) is 11.9. The van der Waals surface area contributed by atoms with Crippen LogP contribution in [0.15, 0.2) is 29.4 Å². The van der Waals surface area contributed by atoms with Gasteiger partial charge in [-0.25, -0.2) is 4.39 Å². The Morgan fingerprint density at radius 2 is 2.08 bits per heavy atom. The van der Waals surface area contributed by atoms with E-state index in [4.69, 9.17) is 0 Å². The zero-order chi connectivity index (χ0) is 18.2. The van der Waals surface area contributed by atoms with Gasteiger partial charge in [0.15, 0.2) is 11.0 Å². The van der Waals surface area contributed by atoms with Crippen molar-refractivity contribution in [2.24, 2.45) is 5.92 Å². The van der Waals surface area contributed by atoms with E-state index in [0.717, 1.165) is 12.8 Å². The van der Waals surface area contributed by atoms with E-state index in [1.54, 1.807) is 18.2 Å². The molecule has 0 radical (unpaired) electrons. The fourth-order valence-corrected chi connectivity index (χ4v) is 3.13. The van der Waals surface area contributed by atoms with Crippen LogP contribution in [0.5, 0.6) is 0 Å². The molecule has 0 atom stereocenters. The predicted molar refractivity (Wildman–Crippen MR) is 98.9 cm³/mol. The van der Waals surface area contributed by atoms with Gasteiger partial charge in [0.1, 0.15) is 5.82 Å². The number of unbranched alkanes of at least 4 members (excludes halogenated alkanes) is 1. The molecule has 2 aromatic rings. The highest BCUT2D eigenvalue weighted by Gasteiger charge is 2.18. The third-order valence-electron chi connectivity index (χ3n) is 3.56. The van der Waals surface area contributed by atoms with Gasteiger partial charge in [0, 0.05) is 13.1 Å². The third kappa shape index (κ3) is 5.56. The van der Waals surface area contributed by atoms with Crippen molar-refractivity contribution in [3.8, 4) is 11.4 Å². The molecule has 0 unspecified atom stereocenters. The molecule has 0 saturated carbocycles. The Balaban J connectivity index is 2.16. The molecule has 7 heteroatoms. The minimum Gasteiger partial charge on any atom is -0.355 e. The number of benzene rings is 1. The van der Waals surface area contributed by atoms with E-state index in [1.165, 1.54) is 17.8 Å². The van der Waals surface area contributed by atoms with Gasteiger partial charge in [-0.1, -0.05) is 51.1 Å². The molecule has 5 nitrogen and oxygen atoms in total. The number of hydrogen-bond donors (Lipinski definition) is 1. The lowest BCUT2D eigenvalue weighted by molar-refractivity contribution is -0.118. The fraction of sp³-hybridized carbons (Fsp3) is 0.500. The van der Waals surface area contributed by atoms with Crippen molar-refractivity contribution in [1.82, 2.24) is 20.1 Å². The largest absolute Gasteiger partial charge is 0.355 e. The summed E-state index contributed by atoms with van der Waals surface area (Å²) in [6, 6.07) is 6.54. The zero-order valence-corrected chi connectivity index (χ0v) is 15.8. The summed E-state index contributed by atoms with van der Waals surface area (Å²) in [6.07, 6.45) is 2.01. The Bertz CT molecular complexity index is 702. The number of aromatic nitrogens is 3. The molecule has 0 bridgehead atoms. The van der Waals surface area contributed by atoms with Gasteiger partial charge in [0.05, 0.1) is 11.3 Å². The predicted octanol–water partition coefficient (Wildman–Crippen LogP) is 3.75. The molecule has 2 rings (SSSR count). The molecule has 1 aromatic heterocycles. The number of thioether (sulfide) groups is 1. The highest BCUT2D eigenvalue weighted by molar-refractivity contribution is 7.99. The van der Waals surface area contributed by atoms with E-state index in [1.807, 2.05) is 4.57 Å². The molecule has 1 amide bonds. The maximum absolute atomic E-state index is 14.1. The van der Waals surface area contributed by atoms with Gasteiger partial charge in [-0.2, -0.15) is 0 Å². The standard InChI is InChI=1S/C18H25FN4OS/c1-4-5-10-20-16(24)12-25-18-22-21-17(23(18)11-13(2)3)14-8-6-7-9-15(14)19/h6-9,13H,4-5,10-12H2,1-3H3,(H,20,24). The van der Waals surface area contributed by atoms with Crippen LogP contribution >= 0.6 is 11.8 Å². The molecule has 25 heavy (non-hydrogen) atoms. The highest BCUT2D eigenvalue weighted by Crippen LogP contribution is 2.26. The molecular weight excluding hydrogens is 339 g/mol. The molecule has 0 aliphatic carbocycles. The summed E-state index contributed by atoms with van der Waals surface area (Å²) in [5, 5.41) is 11.9. The summed E-state index contributed by atoms with van der Waals surface area (Å²) in [6.45, 7) is 7.60. The summed E-state index contributed by atoms with van der Waals surface area (Å²) in [7, 11) is 0. The van der Waals surface area contributed by atoms with Crippen molar-refractivity contribution in [2.45, 2.75) is 45.3 Å². The van der Waals surface area contributed by atoms with Crippen LogP contribution in [-0.2, 0) is 11.3 Å². The van der Waals surface area contributed by atoms with Gasteiger partial charge in [-0.15, -0.1) is 10.2 Å². The molecule has 1 heterocycles. The van der Waals surface area contributed by atoms with Crippen LogP contribution in [0.4, 0.5) is 4.39 Å². The number of amides is 1. The lowest BCUT2D eigenvalue weighted by Gasteiger charge is -2.13. The van der Waals surface area contributed by atoms with Gasteiger partial charge in [-0.3, -0.25) is 4.79 Å². The third-order valence-corrected chi connectivity index (χ3v) is 4.53. The first-order valence-corrected chi connectivity index (χ1v) is 9.59. The molecule has 0 saturated heterocycles. The van der Waals surface area contributed by atoms with Gasteiger partial charge >= 0.3 is 0 Å². The van der Waals surface area contributed by atoms with E-state index in [-0.39, 0.29) is 17.5 Å². The van der Waals surface area contributed by atoms with E-state index in [9.17, 15) is 9.18 Å². The first-order valence-electron chi connectivity index (χ1n) is 8.60. The topological polar surface area (TPSA) is 59.8 Å². The first-order chi connectivity index (χ1) is 12.0. The van der Waals surface area contributed by atoms with Crippen LogP contribution in [-0.4, -0.2) is 33.0 Å². The Hall–Kier alpha value is -1.89. The summed E-state index contributed by atoms with van der Waals surface area (Å²) < 4.78 is 16.0. The second-order valence-corrected chi connectivity index (χ2v) is 7.23. The second kappa shape index (κ2) is 9.56. The Labute approximate surface area is 152 Å². The first kappa shape index (κ1) is 19.4.